The van der Waals surface area contributed by atoms with Gasteiger partial charge >= 0.3 is 0 Å². The molecule has 0 spiro atoms. The minimum atomic E-state index is -1.59. The van der Waals surface area contributed by atoms with Crippen LogP contribution in [0.1, 0.15) is 59.3 Å². The lowest BCUT2D eigenvalue weighted by atomic mass is 9.82. The normalized spacial score (nSPS) is 28.1. The van der Waals surface area contributed by atoms with Crippen molar-refractivity contribution in [2.75, 3.05) is 26.2 Å². The zero-order valence-electron chi connectivity index (χ0n) is 16.0. The molecule has 0 aromatic carbocycles. The Kier molecular flexibility index (Phi) is 6.48. The van der Waals surface area contributed by atoms with Crippen LogP contribution in [-0.2, 0) is 9.22 Å². The van der Waals surface area contributed by atoms with Crippen LogP contribution in [-0.4, -0.2) is 45.2 Å². The summed E-state index contributed by atoms with van der Waals surface area (Å²) in [5.74, 6) is 2.06. The van der Waals surface area contributed by atoms with Gasteiger partial charge in [0.1, 0.15) is 5.78 Å². The molecule has 0 amide bonds. The second kappa shape index (κ2) is 7.79. The molecule has 1 aliphatic carbocycles. The predicted octanol–water partition coefficient (Wildman–Crippen LogP) is 4.48. The summed E-state index contributed by atoms with van der Waals surface area (Å²) in [6, 6.07) is 0. The van der Waals surface area contributed by atoms with Crippen LogP contribution < -0.4 is 0 Å². The smallest absolute Gasteiger partial charge is 0.191 e. The number of hydrogen-bond donors (Lipinski definition) is 0. The molecule has 134 valence electrons. The number of ketones is 1. The number of Topliss-reactive ketones (excluding diaryl/α,β-unsaturated/α-hetero) is 1. The molecule has 2 rings (SSSR count). The second-order valence-corrected chi connectivity index (χ2v) is 14.1. The lowest BCUT2D eigenvalue weighted by Crippen LogP contribution is -2.42. The number of nitrogens with zero attached hydrogens (tertiary/aromatic N) is 1. The molecule has 0 bridgehead atoms. The average Bonchev–Trinajstić information content (AvgIpc) is 2.48. The number of hydrogen-bond acceptors (Lipinski definition) is 3. The van der Waals surface area contributed by atoms with Gasteiger partial charge in [0, 0.05) is 39.1 Å². The van der Waals surface area contributed by atoms with Crippen LogP contribution in [0.3, 0.4) is 0 Å². The molecule has 1 aliphatic heterocycles. The Morgan fingerprint density at radius 1 is 1.04 bits per heavy atom. The Hall–Kier alpha value is -0.193. The van der Waals surface area contributed by atoms with E-state index in [1.807, 2.05) is 0 Å². The van der Waals surface area contributed by atoms with Crippen molar-refractivity contribution in [1.29, 1.82) is 0 Å². The van der Waals surface area contributed by atoms with E-state index in [0.29, 0.717) is 10.8 Å². The fraction of sp³-hybridized carbons (Fsp3) is 0.947. The van der Waals surface area contributed by atoms with E-state index in [1.165, 1.54) is 32.2 Å². The highest BCUT2D eigenvalue weighted by Crippen LogP contribution is 2.38. The van der Waals surface area contributed by atoms with Crippen molar-refractivity contribution >= 4 is 14.1 Å². The van der Waals surface area contributed by atoms with E-state index in [9.17, 15) is 4.79 Å². The van der Waals surface area contributed by atoms with Crippen LogP contribution in [0.2, 0.25) is 18.1 Å². The van der Waals surface area contributed by atoms with E-state index >= 15 is 0 Å². The van der Waals surface area contributed by atoms with Gasteiger partial charge in [0.15, 0.2) is 8.32 Å². The first kappa shape index (κ1) is 19.1. The van der Waals surface area contributed by atoms with E-state index in [2.05, 4.69) is 38.8 Å². The third kappa shape index (κ3) is 5.68. The van der Waals surface area contributed by atoms with Gasteiger partial charge in [0.05, 0.1) is 0 Å². The average molecular weight is 340 g/mol. The third-order valence-electron chi connectivity index (χ3n) is 6.38. The zero-order valence-corrected chi connectivity index (χ0v) is 17.0. The highest BCUT2D eigenvalue weighted by molar-refractivity contribution is 6.74. The lowest BCUT2D eigenvalue weighted by Gasteiger charge is -2.39. The Morgan fingerprint density at radius 2 is 1.57 bits per heavy atom. The summed E-state index contributed by atoms with van der Waals surface area (Å²) in [6.07, 6.45) is 6.88. The van der Waals surface area contributed by atoms with Crippen LogP contribution in [0, 0.1) is 11.8 Å². The van der Waals surface area contributed by atoms with Gasteiger partial charge in [-0.1, -0.05) is 20.8 Å². The van der Waals surface area contributed by atoms with Crippen LogP contribution in [0.5, 0.6) is 0 Å². The predicted molar refractivity (Wildman–Crippen MR) is 99.3 cm³/mol. The molecular formula is C19H37NO2Si. The third-order valence-corrected chi connectivity index (χ3v) is 10.9. The van der Waals surface area contributed by atoms with Gasteiger partial charge in [-0.2, -0.15) is 0 Å². The monoisotopic (exact) mass is 339 g/mol. The van der Waals surface area contributed by atoms with E-state index < -0.39 is 8.32 Å². The van der Waals surface area contributed by atoms with Crippen molar-refractivity contribution in [3.8, 4) is 0 Å². The number of piperidine rings is 1. The topological polar surface area (TPSA) is 29.5 Å². The molecule has 0 aromatic rings. The molecule has 1 heterocycles. The fourth-order valence-electron chi connectivity index (χ4n) is 3.47. The molecular weight excluding hydrogens is 302 g/mol. The Balaban J connectivity index is 1.67. The zero-order chi connectivity index (χ0) is 17.1. The van der Waals surface area contributed by atoms with Crippen molar-refractivity contribution in [3.63, 3.8) is 0 Å². The van der Waals surface area contributed by atoms with Crippen LogP contribution in [0.25, 0.3) is 0 Å². The van der Waals surface area contributed by atoms with Crippen LogP contribution in [0.15, 0.2) is 0 Å². The quantitative estimate of drug-likeness (QED) is 0.692. The molecule has 0 atom stereocenters. The minimum Gasteiger partial charge on any atom is -0.417 e. The number of likely N-dealkylation sites (tertiary alicyclic amines) is 1. The SMILES string of the molecule is CC(C)(C)[Si](C)(C)OC[C@H]1CC[C@H](CN2CCC(=O)CC2)CC1. The molecule has 1 saturated carbocycles. The molecule has 0 aromatic heterocycles. The maximum Gasteiger partial charge on any atom is 0.191 e. The summed E-state index contributed by atoms with van der Waals surface area (Å²) >= 11 is 0. The fourth-order valence-corrected chi connectivity index (χ4v) is 4.56. The van der Waals surface area contributed by atoms with E-state index in [1.54, 1.807) is 0 Å². The van der Waals surface area contributed by atoms with E-state index in [0.717, 1.165) is 44.4 Å². The van der Waals surface area contributed by atoms with Gasteiger partial charge in [-0.15, -0.1) is 0 Å². The minimum absolute atomic E-state index is 0.315. The Bertz CT molecular complexity index is 385. The number of carbonyl (C=O) groups is 1. The first-order valence-electron chi connectivity index (χ1n) is 9.55. The van der Waals surface area contributed by atoms with Crippen molar-refractivity contribution in [3.05, 3.63) is 0 Å². The molecule has 2 aliphatic rings. The van der Waals surface area contributed by atoms with Crippen molar-refractivity contribution < 1.29 is 9.22 Å². The van der Waals surface area contributed by atoms with Crippen molar-refractivity contribution in [2.24, 2.45) is 11.8 Å². The van der Waals surface area contributed by atoms with Gasteiger partial charge in [-0.25, -0.2) is 0 Å². The molecule has 23 heavy (non-hydrogen) atoms. The van der Waals surface area contributed by atoms with Crippen molar-refractivity contribution in [2.45, 2.75) is 77.4 Å². The van der Waals surface area contributed by atoms with Gasteiger partial charge in [-0.3, -0.25) is 4.79 Å². The Labute approximate surface area is 144 Å². The molecule has 3 nitrogen and oxygen atoms in total. The largest absolute Gasteiger partial charge is 0.417 e. The van der Waals surface area contributed by atoms with Crippen LogP contribution >= 0.6 is 0 Å². The first-order chi connectivity index (χ1) is 10.7. The van der Waals surface area contributed by atoms with Gasteiger partial charge in [0.2, 0.25) is 0 Å². The van der Waals surface area contributed by atoms with Gasteiger partial charge < -0.3 is 9.33 Å². The summed E-state index contributed by atoms with van der Waals surface area (Å²) in [5, 5.41) is 0.315. The van der Waals surface area contributed by atoms with E-state index in [4.69, 9.17) is 4.43 Å². The maximum atomic E-state index is 11.3. The standard InChI is InChI=1S/C19H37NO2Si/c1-19(2,3)23(4,5)22-15-17-8-6-16(7-9-17)14-20-12-10-18(21)11-13-20/h16-17H,6-15H2,1-5H3/t16-,17-. The molecule has 0 N–H and O–H groups in total. The second-order valence-electron chi connectivity index (χ2n) is 9.30. The summed E-state index contributed by atoms with van der Waals surface area (Å²) in [7, 11) is -1.59. The van der Waals surface area contributed by atoms with Crippen molar-refractivity contribution in [1.82, 2.24) is 4.90 Å². The maximum absolute atomic E-state index is 11.3. The van der Waals surface area contributed by atoms with E-state index in [-0.39, 0.29) is 0 Å². The summed E-state index contributed by atoms with van der Waals surface area (Å²) in [4.78, 5) is 13.8. The summed E-state index contributed by atoms with van der Waals surface area (Å²) in [6.45, 7) is 15.8. The lowest BCUT2D eigenvalue weighted by molar-refractivity contribution is -0.121. The van der Waals surface area contributed by atoms with Gasteiger partial charge in [0.25, 0.3) is 0 Å². The molecule has 1 saturated heterocycles. The molecule has 2 fully saturated rings. The van der Waals surface area contributed by atoms with Gasteiger partial charge in [-0.05, 0) is 55.7 Å². The highest BCUT2D eigenvalue weighted by atomic mass is 28.4. The summed E-state index contributed by atoms with van der Waals surface area (Å²) < 4.78 is 6.42. The number of carbonyl (C=O) groups excluding carboxylic acids is 1. The molecule has 0 radical (unpaired) electrons. The molecule has 0 unspecified atom stereocenters. The molecule has 4 heteroatoms. The number of rotatable bonds is 5. The Morgan fingerprint density at radius 3 is 2.09 bits per heavy atom. The summed E-state index contributed by atoms with van der Waals surface area (Å²) in [5.41, 5.74) is 0. The first-order valence-corrected chi connectivity index (χ1v) is 12.5. The highest BCUT2D eigenvalue weighted by Gasteiger charge is 2.37. The van der Waals surface area contributed by atoms with Crippen LogP contribution in [0.4, 0.5) is 0 Å².